The predicted octanol–water partition coefficient (Wildman–Crippen LogP) is 4.21. The second-order valence-corrected chi connectivity index (χ2v) is 8.98. The number of carbonyl (C=O) groups is 3. The maximum Gasteiger partial charge on any atom is 0.407 e. The summed E-state index contributed by atoms with van der Waals surface area (Å²) in [7, 11) is 0. The Morgan fingerprint density at radius 1 is 1.03 bits per heavy atom. The number of rotatable bonds is 8. The van der Waals surface area contributed by atoms with Crippen LogP contribution >= 0.6 is 0 Å². The van der Waals surface area contributed by atoms with Gasteiger partial charge in [0.1, 0.15) is 12.6 Å². The third-order valence-corrected chi connectivity index (χ3v) is 6.81. The van der Waals surface area contributed by atoms with Crippen LogP contribution in [-0.4, -0.2) is 41.3 Å². The van der Waals surface area contributed by atoms with Gasteiger partial charge in [-0.05, 0) is 41.5 Å². The van der Waals surface area contributed by atoms with Gasteiger partial charge in [-0.3, -0.25) is 4.79 Å². The molecule has 1 saturated carbocycles. The fourth-order valence-corrected chi connectivity index (χ4v) is 5.14. The molecular formula is C26H30N2O5. The summed E-state index contributed by atoms with van der Waals surface area (Å²) < 4.78 is 5.67. The van der Waals surface area contributed by atoms with Crippen LogP contribution < -0.4 is 10.6 Å². The molecule has 4 rings (SSSR count). The van der Waals surface area contributed by atoms with E-state index in [9.17, 15) is 19.5 Å². The molecule has 0 bridgehead atoms. The van der Waals surface area contributed by atoms with E-state index in [1.54, 1.807) is 6.92 Å². The molecule has 174 valence electrons. The summed E-state index contributed by atoms with van der Waals surface area (Å²) >= 11 is 0. The fraction of sp³-hybridized carbons (Fsp3) is 0.423. The molecular weight excluding hydrogens is 420 g/mol. The van der Waals surface area contributed by atoms with E-state index in [0.29, 0.717) is 19.3 Å². The van der Waals surface area contributed by atoms with Crippen molar-refractivity contribution in [3.05, 3.63) is 59.7 Å². The highest BCUT2D eigenvalue weighted by Gasteiger charge is 2.39. The van der Waals surface area contributed by atoms with Crippen LogP contribution in [0.3, 0.4) is 0 Å². The molecule has 33 heavy (non-hydrogen) atoms. The van der Waals surface area contributed by atoms with E-state index in [1.807, 2.05) is 24.3 Å². The highest BCUT2D eigenvalue weighted by molar-refractivity contribution is 5.84. The van der Waals surface area contributed by atoms with E-state index >= 15 is 0 Å². The first-order valence-corrected chi connectivity index (χ1v) is 11.6. The average molecular weight is 451 g/mol. The Balaban J connectivity index is 1.40. The molecule has 1 fully saturated rings. The molecule has 0 spiro atoms. The van der Waals surface area contributed by atoms with Gasteiger partial charge in [0, 0.05) is 12.3 Å². The number of aliphatic carboxylic acids is 1. The van der Waals surface area contributed by atoms with Crippen LogP contribution in [0.4, 0.5) is 4.79 Å². The number of ether oxygens (including phenoxy) is 1. The van der Waals surface area contributed by atoms with Gasteiger partial charge in [0.2, 0.25) is 5.91 Å². The number of hydrogen-bond acceptors (Lipinski definition) is 4. The second kappa shape index (κ2) is 9.65. The van der Waals surface area contributed by atoms with E-state index in [2.05, 4.69) is 34.9 Å². The number of amides is 2. The highest BCUT2D eigenvalue weighted by Crippen LogP contribution is 2.44. The Hall–Kier alpha value is -3.35. The summed E-state index contributed by atoms with van der Waals surface area (Å²) in [4.78, 5) is 36.6. The maximum absolute atomic E-state index is 12.8. The normalized spacial score (nSPS) is 17.0. The number of hydrogen-bond donors (Lipinski definition) is 3. The van der Waals surface area contributed by atoms with Gasteiger partial charge < -0.3 is 20.5 Å². The predicted molar refractivity (Wildman–Crippen MR) is 124 cm³/mol. The van der Waals surface area contributed by atoms with Crippen molar-refractivity contribution in [2.75, 3.05) is 6.61 Å². The van der Waals surface area contributed by atoms with Gasteiger partial charge in [-0.15, -0.1) is 0 Å². The smallest absolute Gasteiger partial charge is 0.407 e. The zero-order valence-corrected chi connectivity index (χ0v) is 18.8. The molecule has 0 aromatic heterocycles. The molecule has 0 radical (unpaired) electrons. The maximum atomic E-state index is 12.8. The monoisotopic (exact) mass is 450 g/mol. The number of carboxylic acid groups (broad SMARTS) is 1. The Kier molecular flexibility index (Phi) is 6.67. The fourth-order valence-electron chi connectivity index (χ4n) is 5.14. The summed E-state index contributed by atoms with van der Waals surface area (Å²) in [6.45, 7) is 1.92. The number of alkyl carbamates (subject to hydrolysis) is 1. The lowest BCUT2D eigenvalue weighted by Gasteiger charge is -2.30. The van der Waals surface area contributed by atoms with Crippen LogP contribution in [0.2, 0.25) is 0 Å². The van der Waals surface area contributed by atoms with Gasteiger partial charge in [-0.1, -0.05) is 68.3 Å². The molecule has 2 amide bonds. The van der Waals surface area contributed by atoms with Crippen molar-refractivity contribution in [2.24, 2.45) is 0 Å². The molecule has 1 atom stereocenters. The molecule has 7 heteroatoms. The quantitative estimate of drug-likeness (QED) is 0.559. The van der Waals surface area contributed by atoms with Gasteiger partial charge in [0.05, 0.1) is 5.54 Å². The molecule has 0 heterocycles. The van der Waals surface area contributed by atoms with Crippen molar-refractivity contribution in [1.29, 1.82) is 0 Å². The molecule has 2 aromatic carbocycles. The first-order chi connectivity index (χ1) is 15.9. The molecule has 0 unspecified atom stereocenters. The van der Waals surface area contributed by atoms with E-state index in [-0.39, 0.29) is 24.9 Å². The Morgan fingerprint density at radius 2 is 1.61 bits per heavy atom. The molecule has 3 N–H and O–H groups in total. The van der Waals surface area contributed by atoms with Crippen LogP contribution in [0.5, 0.6) is 0 Å². The van der Waals surface area contributed by atoms with Crippen molar-refractivity contribution in [3.8, 4) is 11.1 Å². The summed E-state index contributed by atoms with van der Waals surface area (Å²) in [6.07, 6.45) is 2.91. The topological polar surface area (TPSA) is 105 Å². The van der Waals surface area contributed by atoms with E-state index < -0.39 is 23.6 Å². The second-order valence-electron chi connectivity index (χ2n) is 8.98. The lowest BCUT2D eigenvalue weighted by molar-refractivity contribution is -0.142. The minimum absolute atomic E-state index is 0.0353. The minimum Gasteiger partial charge on any atom is -0.480 e. The van der Waals surface area contributed by atoms with Crippen molar-refractivity contribution in [3.63, 3.8) is 0 Å². The number of carbonyl (C=O) groups excluding carboxylic acids is 2. The molecule has 7 nitrogen and oxygen atoms in total. The Bertz CT molecular complexity index is 999. The third-order valence-electron chi connectivity index (χ3n) is 6.81. The molecule has 2 aliphatic rings. The van der Waals surface area contributed by atoms with E-state index in [0.717, 1.165) is 35.1 Å². The van der Waals surface area contributed by atoms with Crippen molar-refractivity contribution in [1.82, 2.24) is 10.6 Å². The summed E-state index contributed by atoms with van der Waals surface area (Å²) in [5.74, 6) is -1.47. The molecule has 2 aliphatic carbocycles. The van der Waals surface area contributed by atoms with Gasteiger partial charge >= 0.3 is 12.1 Å². The average Bonchev–Trinajstić information content (AvgIpc) is 3.38. The zero-order chi connectivity index (χ0) is 23.4. The number of fused-ring (bicyclic) bond motifs is 3. The number of carboxylic acids is 1. The van der Waals surface area contributed by atoms with Gasteiger partial charge in [-0.2, -0.15) is 0 Å². The standard InChI is InChI=1S/C26H30N2O5/c1-2-22(24(30)31)27-23(29)15-26(13-7-8-14-26)28-25(32)33-16-21-19-11-5-3-9-17(19)18-10-4-6-12-20(18)21/h3-6,9-12,21-22H,2,7-8,13-16H2,1H3,(H,27,29)(H,28,32)(H,30,31)/t22-/m0/s1. The van der Waals surface area contributed by atoms with Crippen LogP contribution in [0.1, 0.15) is 62.5 Å². The summed E-state index contributed by atoms with van der Waals surface area (Å²) in [5.41, 5.74) is 3.90. The van der Waals surface area contributed by atoms with E-state index in [1.165, 1.54) is 0 Å². The van der Waals surface area contributed by atoms with Crippen molar-refractivity contribution in [2.45, 2.75) is 62.9 Å². The third kappa shape index (κ3) is 4.87. The van der Waals surface area contributed by atoms with Crippen LogP contribution in [0, 0.1) is 0 Å². The van der Waals surface area contributed by atoms with Crippen molar-refractivity contribution < 1.29 is 24.2 Å². The zero-order valence-electron chi connectivity index (χ0n) is 18.8. The van der Waals surface area contributed by atoms with Crippen molar-refractivity contribution >= 4 is 18.0 Å². The largest absolute Gasteiger partial charge is 0.480 e. The van der Waals surface area contributed by atoms with Gasteiger partial charge in [0.25, 0.3) is 0 Å². The summed E-state index contributed by atoms with van der Waals surface area (Å²) in [6, 6.07) is 15.4. The van der Waals surface area contributed by atoms with Crippen LogP contribution in [0.25, 0.3) is 11.1 Å². The highest BCUT2D eigenvalue weighted by atomic mass is 16.5. The van der Waals surface area contributed by atoms with Crippen LogP contribution in [-0.2, 0) is 14.3 Å². The van der Waals surface area contributed by atoms with E-state index in [4.69, 9.17) is 4.74 Å². The minimum atomic E-state index is -1.06. The lowest BCUT2D eigenvalue weighted by atomic mass is 9.92. The van der Waals surface area contributed by atoms with Crippen LogP contribution in [0.15, 0.2) is 48.5 Å². The van der Waals surface area contributed by atoms with Gasteiger partial charge in [0.15, 0.2) is 0 Å². The SMILES string of the molecule is CC[C@H](NC(=O)CC1(NC(=O)OCC2c3ccccc3-c3ccccc32)CCCC1)C(=O)O. The lowest BCUT2D eigenvalue weighted by Crippen LogP contribution is -2.51. The molecule has 0 aliphatic heterocycles. The Morgan fingerprint density at radius 3 is 2.15 bits per heavy atom. The first kappa shape index (κ1) is 22.8. The molecule has 2 aromatic rings. The molecule has 0 saturated heterocycles. The first-order valence-electron chi connectivity index (χ1n) is 11.6. The Labute approximate surface area is 193 Å². The summed E-state index contributed by atoms with van der Waals surface area (Å²) in [5, 5.41) is 14.7. The van der Waals surface area contributed by atoms with Gasteiger partial charge in [-0.25, -0.2) is 9.59 Å². The number of benzene rings is 2. The number of nitrogens with one attached hydrogen (secondary N) is 2.